The minimum atomic E-state index is -1.92. The smallest absolute Gasteiger partial charge is 0.335 e. The third kappa shape index (κ3) is 38.8. The summed E-state index contributed by atoms with van der Waals surface area (Å²) in [5, 5.41) is 31.4. The van der Waals surface area contributed by atoms with E-state index in [0.29, 0.717) is 19.3 Å². The van der Waals surface area contributed by atoms with Crippen molar-refractivity contribution in [3.05, 3.63) is 97.2 Å². The molecule has 1 fully saturated rings. The van der Waals surface area contributed by atoms with Gasteiger partial charge in [0.05, 0.1) is 6.61 Å². The molecule has 1 aliphatic rings. The third-order valence-corrected chi connectivity index (χ3v) is 12.2. The Hall–Kier alpha value is -4.36. The van der Waals surface area contributed by atoms with Crippen molar-refractivity contribution in [3.63, 3.8) is 0 Å². The average molecular weight is 1020 g/mol. The van der Waals surface area contributed by atoms with Gasteiger partial charge in [0.25, 0.3) is 0 Å². The normalized spacial score (nSPS) is 19.1. The zero-order valence-electron chi connectivity index (χ0n) is 45.3. The fourth-order valence-corrected chi connectivity index (χ4v) is 7.88. The maximum atomic E-state index is 13.1. The van der Waals surface area contributed by atoms with Gasteiger partial charge in [-0.15, -0.1) is 0 Å². The molecule has 0 aliphatic carbocycles. The molecule has 1 rings (SSSR count). The zero-order valence-corrected chi connectivity index (χ0v) is 45.3. The van der Waals surface area contributed by atoms with Crippen LogP contribution in [0, 0.1) is 0 Å². The van der Waals surface area contributed by atoms with Crippen LogP contribution in [-0.4, -0.2) is 89.2 Å². The summed E-state index contributed by atoms with van der Waals surface area (Å²) in [5.41, 5.74) is 0. The number of carbonyl (C=O) groups is 4. The number of allylic oxidation sites excluding steroid dienone is 16. The average Bonchev–Trinajstić information content (AvgIpc) is 3.37. The highest BCUT2D eigenvalue weighted by atomic mass is 16.7. The standard InChI is InChI=1S/C61H98O12/c1-4-7-10-13-16-19-21-23-25-26-27-28-30-31-33-36-38-41-44-47-53(62)69-50-52(71-54(63)48-45-42-39-35-18-15-12-9-6-3)51-70-61-59(57(66)56(65)58(73-61)60(67)68)72-55(64)49-46-43-40-37-34-32-29-24-22-20-17-14-11-8-5-2/h7-8,10-11,16-17,19-20,23-25,27-29,31,33,52,56-59,61,65-66H,4-6,9,12-15,18,21-22,26,30,32,34-51H2,1-3H3,(H,67,68)/b10-7-,11-8-,19-16-,20-17-,25-23-,28-27-,29-24-,33-31-. The molecule has 0 amide bonds. The van der Waals surface area contributed by atoms with E-state index in [1.165, 1.54) is 32.1 Å². The maximum Gasteiger partial charge on any atom is 0.335 e. The fourth-order valence-electron chi connectivity index (χ4n) is 7.88. The minimum absolute atomic E-state index is 0.0342. The molecule has 3 N–H and O–H groups in total. The highest BCUT2D eigenvalue weighted by Gasteiger charge is 2.50. The van der Waals surface area contributed by atoms with Gasteiger partial charge in [0.15, 0.2) is 24.6 Å². The number of esters is 3. The number of aliphatic hydroxyl groups excluding tert-OH is 2. The summed E-state index contributed by atoms with van der Waals surface area (Å²) in [4.78, 5) is 50.9. The van der Waals surface area contributed by atoms with Crippen molar-refractivity contribution in [3.8, 4) is 0 Å². The number of carboxylic acids is 1. The number of unbranched alkanes of at least 4 members (excludes halogenated alkanes) is 16. The summed E-state index contributed by atoms with van der Waals surface area (Å²) >= 11 is 0. The van der Waals surface area contributed by atoms with Crippen molar-refractivity contribution in [2.45, 2.75) is 250 Å². The number of rotatable bonds is 46. The van der Waals surface area contributed by atoms with Crippen molar-refractivity contribution in [2.75, 3.05) is 13.2 Å². The second kappa shape index (κ2) is 48.6. The van der Waals surface area contributed by atoms with Crippen molar-refractivity contribution >= 4 is 23.9 Å². The molecule has 12 heteroatoms. The second-order valence-corrected chi connectivity index (χ2v) is 18.8. The summed E-state index contributed by atoms with van der Waals surface area (Å²) in [5.74, 6) is -3.20. The Labute approximate surface area is 441 Å². The largest absolute Gasteiger partial charge is 0.479 e. The molecule has 1 aliphatic heterocycles. The van der Waals surface area contributed by atoms with Gasteiger partial charge in [0.2, 0.25) is 0 Å². The summed E-state index contributed by atoms with van der Waals surface area (Å²) < 4.78 is 28.3. The van der Waals surface area contributed by atoms with E-state index in [-0.39, 0.29) is 25.9 Å². The van der Waals surface area contributed by atoms with Crippen LogP contribution in [0.4, 0.5) is 0 Å². The highest BCUT2D eigenvalue weighted by molar-refractivity contribution is 5.74. The third-order valence-electron chi connectivity index (χ3n) is 12.2. The molecule has 414 valence electrons. The number of ether oxygens (including phenoxy) is 5. The van der Waals surface area contributed by atoms with E-state index in [1.54, 1.807) is 0 Å². The lowest BCUT2D eigenvalue weighted by atomic mass is 9.98. The topological polar surface area (TPSA) is 175 Å². The predicted octanol–water partition coefficient (Wildman–Crippen LogP) is 14.1. The number of hydrogen-bond donors (Lipinski definition) is 3. The first-order chi connectivity index (χ1) is 35.6. The van der Waals surface area contributed by atoms with Crippen LogP contribution in [0.15, 0.2) is 97.2 Å². The van der Waals surface area contributed by atoms with E-state index in [2.05, 4.69) is 118 Å². The molecule has 0 aromatic heterocycles. The van der Waals surface area contributed by atoms with Gasteiger partial charge < -0.3 is 39.0 Å². The first-order valence-electron chi connectivity index (χ1n) is 28.2. The Morgan fingerprint density at radius 3 is 1.33 bits per heavy atom. The van der Waals surface area contributed by atoms with Gasteiger partial charge in [-0.05, 0) is 96.3 Å². The number of aliphatic carboxylic acids is 1. The SMILES string of the molecule is CC/C=C\C/C=C\C/C=C\C/C=C\C/C=C\CCCCCC(=O)OCC(COC1OC(C(=O)O)C(O)C(O)C1OC(=O)CCCCCCC/C=C\C/C=C\C/C=C\CC)OC(=O)CCCCCCCCCCC. The highest BCUT2D eigenvalue weighted by Crippen LogP contribution is 2.26. The van der Waals surface area contributed by atoms with Gasteiger partial charge in [-0.2, -0.15) is 0 Å². The van der Waals surface area contributed by atoms with Crippen LogP contribution in [-0.2, 0) is 42.9 Å². The molecule has 0 aromatic rings. The molecule has 73 heavy (non-hydrogen) atoms. The Morgan fingerprint density at radius 2 is 0.863 bits per heavy atom. The molecule has 0 bridgehead atoms. The molecule has 12 nitrogen and oxygen atoms in total. The van der Waals surface area contributed by atoms with E-state index in [9.17, 15) is 34.5 Å². The van der Waals surface area contributed by atoms with Gasteiger partial charge in [-0.3, -0.25) is 14.4 Å². The minimum Gasteiger partial charge on any atom is -0.479 e. The van der Waals surface area contributed by atoms with E-state index >= 15 is 0 Å². The molecule has 0 saturated carbocycles. The number of carboxylic acid groups (broad SMARTS) is 1. The van der Waals surface area contributed by atoms with Gasteiger partial charge in [0, 0.05) is 19.3 Å². The zero-order chi connectivity index (χ0) is 53.3. The number of hydrogen-bond acceptors (Lipinski definition) is 11. The van der Waals surface area contributed by atoms with Crippen LogP contribution in [0.25, 0.3) is 0 Å². The Balaban J connectivity index is 2.70. The predicted molar refractivity (Wildman–Crippen MR) is 294 cm³/mol. The quantitative estimate of drug-likeness (QED) is 0.0228. The first-order valence-corrected chi connectivity index (χ1v) is 28.2. The Morgan fingerprint density at radius 1 is 0.466 bits per heavy atom. The van der Waals surface area contributed by atoms with E-state index in [1.807, 2.05) is 0 Å². The maximum absolute atomic E-state index is 13.1. The van der Waals surface area contributed by atoms with Crippen LogP contribution in [0.2, 0.25) is 0 Å². The summed E-state index contributed by atoms with van der Waals surface area (Å²) in [7, 11) is 0. The molecule has 0 radical (unpaired) electrons. The number of aliphatic hydroxyl groups is 2. The molecule has 0 spiro atoms. The Bertz CT molecular complexity index is 1640. The van der Waals surface area contributed by atoms with Crippen LogP contribution in [0.1, 0.15) is 213 Å². The molecule has 6 atom stereocenters. The van der Waals surface area contributed by atoms with Crippen LogP contribution < -0.4 is 0 Å². The molecule has 1 heterocycles. The second-order valence-electron chi connectivity index (χ2n) is 18.8. The molecular weight excluding hydrogens is 925 g/mol. The monoisotopic (exact) mass is 1020 g/mol. The van der Waals surface area contributed by atoms with Crippen molar-refractivity contribution in [1.29, 1.82) is 0 Å². The lowest BCUT2D eigenvalue weighted by Gasteiger charge is -2.40. The molecule has 1 saturated heterocycles. The van der Waals surface area contributed by atoms with Gasteiger partial charge in [-0.25, -0.2) is 4.79 Å². The molecule has 0 aromatic carbocycles. The van der Waals surface area contributed by atoms with E-state index in [4.69, 9.17) is 23.7 Å². The van der Waals surface area contributed by atoms with E-state index in [0.717, 1.165) is 122 Å². The van der Waals surface area contributed by atoms with E-state index < -0.39 is 67.3 Å². The lowest BCUT2D eigenvalue weighted by molar-refractivity contribution is -0.301. The Kier molecular flexibility index (Phi) is 44.4. The fraction of sp³-hybridized carbons (Fsp3) is 0.672. The van der Waals surface area contributed by atoms with Crippen LogP contribution >= 0.6 is 0 Å². The van der Waals surface area contributed by atoms with Crippen molar-refractivity contribution < 1.29 is 58.2 Å². The first kappa shape index (κ1) is 66.7. The number of carbonyl (C=O) groups excluding carboxylic acids is 3. The van der Waals surface area contributed by atoms with Crippen LogP contribution in [0.3, 0.4) is 0 Å². The van der Waals surface area contributed by atoms with Gasteiger partial charge in [0.1, 0.15) is 18.8 Å². The van der Waals surface area contributed by atoms with Crippen LogP contribution in [0.5, 0.6) is 0 Å². The summed E-state index contributed by atoms with van der Waals surface area (Å²) in [6, 6.07) is 0. The summed E-state index contributed by atoms with van der Waals surface area (Å²) in [6.07, 6.45) is 51.1. The lowest BCUT2D eigenvalue weighted by Crippen LogP contribution is -2.61. The van der Waals surface area contributed by atoms with Gasteiger partial charge >= 0.3 is 23.9 Å². The van der Waals surface area contributed by atoms with Gasteiger partial charge in [-0.1, -0.05) is 195 Å². The summed E-state index contributed by atoms with van der Waals surface area (Å²) in [6.45, 7) is 5.68. The van der Waals surface area contributed by atoms with Crippen molar-refractivity contribution in [1.82, 2.24) is 0 Å². The molecular formula is C61H98O12. The molecule has 6 unspecified atom stereocenters. The van der Waals surface area contributed by atoms with Crippen molar-refractivity contribution in [2.24, 2.45) is 0 Å².